The van der Waals surface area contributed by atoms with E-state index in [1.807, 2.05) is 31.2 Å². The van der Waals surface area contributed by atoms with E-state index < -0.39 is 18.0 Å². The fourth-order valence-electron chi connectivity index (χ4n) is 2.26. The maximum absolute atomic E-state index is 12.2. The third-order valence-corrected chi connectivity index (χ3v) is 4.64. The molecule has 1 atom stereocenters. The first-order valence-electron chi connectivity index (χ1n) is 8.66. The van der Waals surface area contributed by atoms with Gasteiger partial charge in [-0.15, -0.1) is 11.3 Å². The molecule has 0 bridgehead atoms. The highest BCUT2D eigenvalue weighted by atomic mass is 32.1. The summed E-state index contributed by atoms with van der Waals surface area (Å²) < 4.78 is 16.0. The maximum Gasteiger partial charge on any atom is 0.358 e. The summed E-state index contributed by atoms with van der Waals surface area (Å²) in [6.07, 6.45) is 0.573. The summed E-state index contributed by atoms with van der Waals surface area (Å²) >= 11 is 1.29. The Kier molecular flexibility index (Phi) is 6.44. The van der Waals surface area contributed by atoms with Gasteiger partial charge in [0.15, 0.2) is 11.8 Å². The van der Waals surface area contributed by atoms with Crippen LogP contribution in [0.2, 0.25) is 0 Å². The van der Waals surface area contributed by atoms with Gasteiger partial charge >= 0.3 is 5.97 Å². The van der Waals surface area contributed by atoms with Gasteiger partial charge in [0.05, 0.1) is 12.8 Å². The summed E-state index contributed by atoms with van der Waals surface area (Å²) in [6, 6.07) is 11.1. The molecule has 0 radical (unpaired) electrons. The predicted molar refractivity (Wildman–Crippen MR) is 103 cm³/mol. The Hall–Kier alpha value is -3.13. The molecule has 28 heavy (non-hydrogen) atoms. The average molecular weight is 400 g/mol. The summed E-state index contributed by atoms with van der Waals surface area (Å²) in [5.74, 6) is 0.276. The number of aromatic nitrogens is 1. The maximum atomic E-state index is 12.2. The molecule has 1 N–H and O–H groups in total. The molecule has 8 heteroatoms. The first-order valence-corrected chi connectivity index (χ1v) is 9.54. The second-order valence-corrected chi connectivity index (χ2v) is 7.02. The number of hydrogen-bond acceptors (Lipinski definition) is 7. The number of thiazole rings is 1. The highest BCUT2D eigenvalue weighted by molar-refractivity contribution is 7.09. The quantitative estimate of drug-likeness (QED) is 0.582. The molecule has 2 aromatic heterocycles. The Balaban J connectivity index is 1.47. The zero-order valence-electron chi connectivity index (χ0n) is 15.5. The lowest BCUT2D eigenvalue weighted by Gasteiger charge is -2.12. The molecule has 3 rings (SSSR count). The smallest absolute Gasteiger partial charge is 0.358 e. The van der Waals surface area contributed by atoms with Crippen LogP contribution in [0.3, 0.4) is 0 Å². The highest BCUT2D eigenvalue weighted by Crippen LogP contribution is 2.17. The van der Waals surface area contributed by atoms with Crippen LogP contribution < -0.4 is 10.1 Å². The minimum Gasteiger partial charge on any atom is -0.486 e. The highest BCUT2D eigenvalue weighted by Gasteiger charge is 2.21. The van der Waals surface area contributed by atoms with Crippen molar-refractivity contribution in [2.45, 2.75) is 33.1 Å². The van der Waals surface area contributed by atoms with Crippen molar-refractivity contribution in [3.63, 3.8) is 0 Å². The molecular formula is C20H20N2O5S. The van der Waals surface area contributed by atoms with Crippen LogP contribution in [-0.4, -0.2) is 23.0 Å². The molecule has 1 aromatic carbocycles. The van der Waals surface area contributed by atoms with Crippen LogP contribution in [0, 0.1) is 6.92 Å². The molecule has 0 saturated heterocycles. The van der Waals surface area contributed by atoms with Crippen molar-refractivity contribution in [3.8, 4) is 5.75 Å². The van der Waals surface area contributed by atoms with Crippen LogP contribution in [0.1, 0.15) is 33.7 Å². The van der Waals surface area contributed by atoms with Gasteiger partial charge in [-0.2, -0.15) is 0 Å². The van der Waals surface area contributed by atoms with Gasteiger partial charge in [0.1, 0.15) is 23.1 Å². The minimum atomic E-state index is -0.948. The van der Waals surface area contributed by atoms with Gasteiger partial charge in [-0.3, -0.25) is 4.79 Å². The van der Waals surface area contributed by atoms with Crippen LogP contribution in [0.4, 0.5) is 0 Å². The van der Waals surface area contributed by atoms with Gasteiger partial charge in [-0.1, -0.05) is 17.7 Å². The summed E-state index contributed by atoms with van der Waals surface area (Å²) in [7, 11) is 0. The third kappa shape index (κ3) is 5.43. The number of nitrogens with one attached hydrogen (secondary N) is 1. The molecule has 0 aliphatic rings. The number of carbonyl (C=O) groups is 2. The molecular weight excluding hydrogens is 380 g/mol. The SMILES string of the molecule is Cc1ccc(OCc2nc(C(=O)OC(C)C(=O)NCc3ccco3)cs2)cc1. The standard InChI is InChI=1S/C20H20N2O5S/c1-13-5-7-15(8-6-13)26-11-18-22-17(12-28-18)20(24)27-14(2)19(23)21-10-16-4-3-9-25-16/h3-9,12,14H,10-11H2,1-2H3,(H,21,23). The van der Waals surface area contributed by atoms with Crippen molar-refractivity contribution in [1.29, 1.82) is 0 Å². The molecule has 0 fully saturated rings. The lowest BCUT2D eigenvalue weighted by molar-refractivity contribution is -0.129. The van der Waals surface area contributed by atoms with Crippen LogP contribution >= 0.6 is 11.3 Å². The molecule has 2 heterocycles. The Morgan fingerprint density at radius 1 is 1.25 bits per heavy atom. The van der Waals surface area contributed by atoms with Crippen molar-refractivity contribution < 1.29 is 23.5 Å². The fraction of sp³-hybridized carbons (Fsp3) is 0.250. The number of rotatable bonds is 8. The Morgan fingerprint density at radius 3 is 2.75 bits per heavy atom. The first-order chi connectivity index (χ1) is 13.5. The third-order valence-electron chi connectivity index (χ3n) is 3.81. The number of aryl methyl sites for hydroxylation is 1. The van der Waals surface area contributed by atoms with Crippen LogP contribution in [-0.2, 0) is 22.7 Å². The largest absolute Gasteiger partial charge is 0.486 e. The lowest BCUT2D eigenvalue weighted by atomic mass is 10.2. The number of nitrogens with zero attached hydrogens (tertiary/aromatic N) is 1. The second kappa shape index (κ2) is 9.18. The van der Waals surface area contributed by atoms with Gasteiger partial charge in [-0.05, 0) is 38.1 Å². The molecule has 0 aliphatic heterocycles. The summed E-state index contributed by atoms with van der Waals surface area (Å²) in [4.78, 5) is 28.4. The van der Waals surface area contributed by atoms with E-state index in [0.29, 0.717) is 10.8 Å². The van der Waals surface area contributed by atoms with E-state index in [-0.39, 0.29) is 18.8 Å². The van der Waals surface area contributed by atoms with E-state index in [9.17, 15) is 9.59 Å². The van der Waals surface area contributed by atoms with Gasteiger partial charge in [0.2, 0.25) is 0 Å². The van der Waals surface area contributed by atoms with E-state index in [1.54, 1.807) is 17.5 Å². The summed E-state index contributed by atoms with van der Waals surface area (Å²) in [6.45, 7) is 3.98. The van der Waals surface area contributed by atoms with Crippen LogP contribution in [0.5, 0.6) is 5.75 Å². The second-order valence-electron chi connectivity index (χ2n) is 6.07. The van der Waals surface area contributed by atoms with Crippen LogP contribution in [0.25, 0.3) is 0 Å². The monoisotopic (exact) mass is 400 g/mol. The van der Waals surface area contributed by atoms with Crippen LogP contribution in [0.15, 0.2) is 52.5 Å². The first kappa shape index (κ1) is 19.6. The lowest BCUT2D eigenvalue weighted by Crippen LogP contribution is -2.35. The topological polar surface area (TPSA) is 90.7 Å². The number of benzene rings is 1. The molecule has 3 aromatic rings. The molecule has 0 saturated carbocycles. The Bertz CT molecular complexity index is 918. The summed E-state index contributed by atoms with van der Waals surface area (Å²) in [5, 5.41) is 4.87. The molecule has 0 aliphatic carbocycles. The van der Waals surface area contributed by atoms with Crippen molar-refractivity contribution >= 4 is 23.2 Å². The normalized spacial score (nSPS) is 11.6. The van der Waals surface area contributed by atoms with Crippen molar-refractivity contribution in [2.24, 2.45) is 0 Å². The molecule has 1 unspecified atom stereocenters. The number of furan rings is 1. The van der Waals surface area contributed by atoms with Gasteiger partial charge in [0.25, 0.3) is 5.91 Å². The fourth-order valence-corrected chi connectivity index (χ4v) is 2.93. The molecule has 1 amide bonds. The number of hydrogen-bond donors (Lipinski definition) is 1. The van der Waals surface area contributed by atoms with Gasteiger partial charge in [-0.25, -0.2) is 9.78 Å². The molecule has 146 valence electrons. The number of amides is 1. The van der Waals surface area contributed by atoms with E-state index in [4.69, 9.17) is 13.9 Å². The average Bonchev–Trinajstić information content (AvgIpc) is 3.37. The predicted octanol–water partition coefficient (Wildman–Crippen LogP) is 3.49. The number of ether oxygens (including phenoxy) is 2. The van der Waals surface area contributed by atoms with Crippen molar-refractivity contribution in [3.05, 3.63) is 70.1 Å². The summed E-state index contributed by atoms with van der Waals surface area (Å²) in [5.41, 5.74) is 1.30. The number of esters is 1. The molecule has 7 nitrogen and oxygen atoms in total. The van der Waals surface area contributed by atoms with Crippen molar-refractivity contribution in [2.75, 3.05) is 0 Å². The Morgan fingerprint density at radius 2 is 2.04 bits per heavy atom. The van der Waals surface area contributed by atoms with Crippen molar-refractivity contribution in [1.82, 2.24) is 10.3 Å². The minimum absolute atomic E-state index is 0.151. The van der Waals surface area contributed by atoms with E-state index in [2.05, 4.69) is 10.3 Å². The van der Waals surface area contributed by atoms with Gasteiger partial charge < -0.3 is 19.2 Å². The van der Waals surface area contributed by atoms with E-state index in [0.717, 1.165) is 11.3 Å². The molecule has 0 spiro atoms. The zero-order chi connectivity index (χ0) is 19.9. The Labute approximate surface area is 166 Å². The zero-order valence-corrected chi connectivity index (χ0v) is 16.3. The number of carbonyl (C=O) groups excluding carboxylic acids is 2. The van der Waals surface area contributed by atoms with E-state index >= 15 is 0 Å². The van der Waals surface area contributed by atoms with E-state index in [1.165, 1.54) is 24.5 Å². The van der Waals surface area contributed by atoms with Gasteiger partial charge in [0, 0.05) is 5.38 Å².